The number of nitrogens with one attached hydrogen (secondary N) is 1. The minimum atomic E-state index is -2.41. The lowest BCUT2D eigenvalue weighted by molar-refractivity contribution is -0.112. The summed E-state index contributed by atoms with van der Waals surface area (Å²) in [5.74, 6) is -2.41. The highest BCUT2D eigenvalue weighted by Gasteiger charge is 2.51. The molecule has 0 aromatic heterocycles. The van der Waals surface area contributed by atoms with Gasteiger partial charge in [-0.2, -0.15) is 0 Å². The van der Waals surface area contributed by atoms with Crippen LogP contribution in [-0.2, 0) is 0 Å². The van der Waals surface area contributed by atoms with Crippen molar-refractivity contribution in [2.45, 2.75) is 37.3 Å². The minimum absolute atomic E-state index is 0.0926. The van der Waals surface area contributed by atoms with E-state index < -0.39 is 12.0 Å². The van der Waals surface area contributed by atoms with E-state index in [4.69, 9.17) is 0 Å². The predicted octanol–water partition coefficient (Wildman–Crippen LogP) is 1.15. The molecule has 2 atom stereocenters. The number of alkyl halides is 2. The van der Waals surface area contributed by atoms with Crippen molar-refractivity contribution >= 4 is 0 Å². The highest BCUT2D eigenvalue weighted by atomic mass is 19.3. The lowest BCUT2D eigenvalue weighted by Gasteiger charge is -2.47. The van der Waals surface area contributed by atoms with Gasteiger partial charge in [0.1, 0.15) is 0 Å². The van der Waals surface area contributed by atoms with Gasteiger partial charge >= 0.3 is 0 Å². The molecule has 2 heterocycles. The summed E-state index contributed by atoms with van der Waals surface area (Å²) in [5, 5.41) is 2.82. The average molecular weight is 133 g/mol. The number of fused-ring (bicyclic) bond motifs is 2. The van der Waals surface area contributed by atoms with E-state index in [2.05, 4.69) is 5.32 Å². The summed E-state index contributed by atoms with van der Waals surface area (Å²) < 4.78 is 25.1. The maximum atomic E-state index is 12.6. The Hall–Kier alpha value is -0.180. The van der Waals surface area contributed by atoms with Crippen LogP contribution in [0.5, 0.6) is 0 Å². The summed E-state index contributed by atoms with van der Waals surface area (Å²) in [6.45, 7) is 0. The summed E-state index contributed by atoms with van der Waals surface area (Å²) in [6, 6.07) is -0.0779. The second-order valence-corrected chi connectivity index (χ2v) is 2.95. The van der Waals surface area contributed by atoms with E-state index in [-0.39, 0.29) is 6.42 Å². The van der Waals surface area contributed by atoms with Crippen LogP contribution in [-0.4, -0.2) is 18.0 Å². The van der Waals surface area contributed by atoms with Crippen molar-refractivity contribution < 1.29 is 8.78 Å². The number of halogens is 2. The topological polar surface area (TPSA) is 12.0 Å². The molecule has 0 aromatic rings. The van der Waals surface area contributed by atoms with Gasteiger partial charge in [0.05, 0.1) is 6.04 Å². The van der Waals surface area contributed by atoms with Crippen molar-refractivity contribution in [3.63, 3.8) is 0 Å². The molecule has 2 bridgehead atoms. The van der Waals surface area contributed by atoms with Crippen LogP contribution in [0.15, 0.2) is 0 Å². The van der Waals surface area contributed by atoms with Crippen molar-refractivity contribution in [1.29, 1.82) is 0 Å². The molecule has 3 fully saturated rings. The monoisotopic (exact) mass is 133 g/mol. The van der Waals surface area contributed by atoms with Crippen LogP contribution >= 0.6 is 0 Å². The third-order valence-corrected chi connectivity index (χ3v) is 2.29. The molecule has 0 radical (unpaired) electrons. The molecule has 0 spiro atoms. The molecule has 0 aromatic carbocycles. The molecule has 2 aliphatic heterocycles. The largest absolute Gasteiger partial charge is 0.306 e. The van der Waals surface area contributed by atoms with E-state index in [0.717, 1.165) is 0 Å². The van der Waals surface area contributed by atoms with E-state index >= 15 is 0 Å². The zero-order chi connectivity index (χ0) is 6.48. The smallest absolute Gasteiger partial charge is 0.263 e. The highest BCUT2D eigenvalue weighted by Crippen LogP contribution is 2.39. The number of hydrogen-bond acceptors (Lipinski definition) is 1. The summed E-state index contributed by atoms with van der Waals surface area (Å²) in [4.78, 5) is 0. The molecule has 3 rings (SSSR count). The molecule has 1 N–H and O–H groups in total. The van der Waals surface area contributed by atoms with Crippen LogP contribution in [0.1, 0.15) is 19.3 Å². The Balaban J connectivity index is 2.10. The summed E-state index contributed by atoms with van der Waals surface area (Å²) in [7, 11) is 0. The average Bonchev–Trinajstić information content (AvgIpc) is 1.58. The first-order chi connectivity index (χ1) is 4.18. The van der Waals surface area contributed by atoms with E-state index in [9.17, 15) is 8.78 Å². The zero-order valence-corrected chi connectivity index (χ0v) is 5.03. The second kappa shape index (κ2) is 1.45. The molecule has 52 valence electrons. The van der Waals surface area contributed by atoms with Gasteiger partial charge in [0.15, 0.2) is 0 Å². The molecule has 0 amide bonds. The Morgan fingerprint density at radius 3 is 2.33 bits per heavy atom. The van der Waals surface area contributed by atoms with Crippen LogP contribution in [0, 0.1) is 0 Å². The van der Waals surface area contributed by atoms with Crippen LogP contribution in [0.25, 0.3) is 0 Å². The third-order valence-electron chi connectivity index (χ3n) is 2.29. The Labute approximate surface area is 52.4 Å². The standard InChI is InChI=1S/C6H9F2N/c7-6(8)2-1-4-3-5(6)9-4/h4-5,9H,1-3H2. The third kappa shape index (κ3) is 0.674. The SMILES string of the molecule is FC1(F)CCC2CC1N2. The zero-order valence-electron chi connectivity index (χ0n) is 5.03. The number of hydrogen-bond donors (Lipinski definition) is 1. The molecule has 2 saturated heterocycles. The van der Waals surface area contributed by atoms with Crippen molar-refractivity contribution in [3.8, 4) is 0 Å². The van der Waals surface area contributed by atoms with Crippen molar-refractivity contribution in [2.24, 2.45) is 0 Å². The van der Waals surface area contributed by atoms with Gasteiger partial charge in [-0.15, -0.1) is 0 Å². The lowest BCUT2D eigenvalue weighted by atomic mass is 9.80. The normalized spacial score (nSPS) is 46.0. The predicted molar refractivity (Wildman–Crippen MR) is 29.5 cm³/mol. The van der Waals surface area contributed by atoms with Crippen LogP contribution in [0.2, 0.25) is 0 Å². The van der Waals surface area contributed by atoms with Gasteiger partial charge in [0.2, 0.25) is 0 Å². The first kappa shape index (κ1) is 5.59. The van der Waals surface area contributed by atoms with E-state index in [1.165, 1.54) is 0 Å². The lowest BCUT2D eigenvalue weighted by Crippen LogP contribution is -2.65. The Morgan fingerprint density at radius 1 is 1.44 bits per heavy atom. The van der Waals surface area contributed by atoms with Crippen molar-refractivity contribution in [3.05, 3.63) is 0 Å². The Kier molecular flexibility index (Phi) is 0.903. The molecule has 3 heteroatoms. The molecule has 1 saturated carbocycles. The minimum Gasteiger partial charge on any atom is -0.306 e. The molecular formula is C6H9F2N. The van der Waals surface area contributed by atoms with Gasteiger partial charge in [-0.1, -0.05) is 0 Å². The van der Waals surface area contributed by atoms with Crippen LogP contribution in [0.3, 0.4) is 0 Å². The van der Waals surface area contributed by atoms with E-state index in [0.29, 0.717) is 18.9 Å². The highest BCUT2D eigenvalue weighted by molar-refractivity contribution is 5.02. The van der Waals surface area contributed by atoms with Gasteiger partial charge in [0.25, 0.3) is 5.92 Å². The fourth-order valence-corrected chi connectivity index (χ4v) is 1.58. The summed E-state index contributed by atoms with van der Waals surface area (Å²) >= 11 is 0. The van der Waals surface area contributed by atoms with Crippen molar-refractivity contribution in [2.75, 3.05) is 0 Å². The number of piperidine rings is 1. The van der Waals surface area contributed by atoms with Gasteiger partial charge in [-0.3, -0.25) is 0 Å². The molecular weight excluding hydrogens is 124 g/mol. The van der Waals surface area contributed by atoms with Gasteiger partial charge in [-0.05, 0) is 12.8 Å². The Bertz CT molecular complexity index is 126. The van der Waals surface area contributed by atoms with Crippen LogP contribution < -0.4 is 5.32 Å². The molecule has 9 heavy (non-hydrogen) atoms. The van der Waals surface area contributed by atoms with Gasteiger partial charge in [-0.25, -0.2) is 8.78 Å². The number of rotatable bonds is 0. The Morgan fingerprint density at radius 2 is 2.11 bits per heavy atom. The molecule has 3 aliphatic rings. The van der Waals surface area contributed by atoms with Crippen LogP contribution in [0.4, 0.5) is 8.78 Å². The fraction of sp³-hybridized carbons (Fsp3) is 1.00. The van der Waals surface area contributed by atoms with Gasteiger partial charge < -0.3 is 5.32 Å². The van der Waals surface area contributed by atoms with Gasteiger partial charge in [0, 0.05) is 12.5 Å². The van der Waals surface area contributed by atoms with Crippen molar-refractivity contribution in [1.82, 2.24) is 5.32 Å². The molecule has 1 aliphatic carbocycles. The summed E-state index contributed by atoms with van der Waals surface area (Å²) in [6.07, 6.45) is 1.44. The first-order valence-corrected chi connectivity index (χ1v) is 3.32. The van der Waals surface area contributed by atoms with E-state index in [1.54, 1.807) is 0 Å². The molecule has 1 nitrogen and oxygen atoms in total. The van der Waals surface area contributed by atoms with E-state index in [1.807, 2.05) is 0 Å². The maximum Gasteiger partial charge on any atom is 0.263 e. The molecule has 2 unspecified atom stereocenters. The first-order valence-electron chi connectivity index (χ1n) is 3.32. The quantitative estimate of drug-likeness (QED) is 0.522. The second-order valence-electron chi connectivity index (χ2n) is 2.95. The fourth-order valence-electron chi connectivity index (χ4n) is 1.58. The maximum absolute atomic E-state index is 12.6. The summed E-state index contributed by atoms with van der Waals surface area (Å²) in [5.41, 5.74) is 0.